The van der Waals surface area contributed by atoms with Gasteiger partial charge < -0.3 is 10.2 Å². The van der Waals surface area contributed by atoms with Gasteiger partial charge in [-0.05, 0) is 61.7 Å². The highest BCUT2D eigenvalue weighted by molar-refractivity contribution is 9.10. The Hall–Kier alpha value is -2.09. The molecule has 3 aromatic carbocycles. The summed E-state index contributed by atoms with van der Waals surface area (Å²) in [5, 5.41) is 3.11. The van der Waals surface area contributed by atoms with E-state index in [4.69, 9.17) is 0 Å². The second-order valence-corrected chi connectivity index (χ2v) is 12.5. The summed E-state index contributed by atoms with van der Waals surface area (Å²) in [5.41, 5.74) is 2.74. The molecule has 2 amide bonds. The maximum Gasteiger partial charge on any atom is 0.243 e. The molecule has 4 nitrogen and oxygen atoms in total. The zero-order chi connectivity index (χ0) is 26.1. The van der Waals surface area contributed by atoms with Crippen LogP contribution < -0.4 is 5.32 Å². The van der Waals surface area contributed by atoms with Gasteiger partial charge in [0.2, 0.25) is 11.8 Å². The molecule has 1 atom stereocenters. The Kier molecular flexibility index (Phi) is 10.6. The quantitative estimate of drug-likeness (QED) is 0.262. The standard InChI is InChI=1S/C29H32Br2N2O2S/c1-29(2,3)32-28(35)26(17-21-7-5-4-6-8-21)33(18-22-9-13-24(30)14-10-22)27(34)20-36-19-23-11-15-25(31)16-12-23/h4-16,26H,17-20H2,1-3H3,(H,32,35). The molecule has 0 radical (unpaired) electrons. The van der Waals surface area contributed by atoms with E-state index in [1.165, 1.54) is 0 Å². The Morgan fingerprint density at radius 2 is 1.39 bits per heavy atom. The molecule has 0 aliphatic heterocycles. The maximum atomic E-state index is 13.7. The Bertz CT molecular complexity index is 1130. The lowest BCUT2D eigenvalue weighted by molar-refractivity contribution is -0.140. The normalized spacial score (nSPS) is 12.1. The number of rotatable bonds is 10. The van der Waals surface area contributed by atoms with Gasteiger partial charge in [-0.3, -0.25) is 9.59 Å². The van der Waals surface area contributed by atoms with Crippen molar-refractivity contribution in [1.82, 2.24) is 10.2 Å². The number of carbonyl (C=O) groups excluding carboxylic acids is 2. The minimum Gasteiger partial charge on any atom is -0.350 e. The number of hydrogen-bond acceptors (Lipinski definition) is 3. The number of amides is 2. The third kappa shape index (κ3) is 9.41. The third-order valence-corrected chi connectivity index (χ3v) is 7.49. The van der Waals surface area contributed by atoms with E-state index < -0.39 is 11.6 Å². The van der Waals surface area contributed by atoms with Gasteiger partial charge in [-0.1, -0.05) is 86.5 Å². The molecule has 7 heteroatoms. The van der Waals surface area contributed by atoms with E-state index in [-0.39, 0.29) is 11.8 Å². The van der Waals surface area contributed by atoms with Crippen molar-refractivity contribution in [2.75, 3.05) is 5.75 Å². The van der Waals surface area contributed by atoms with E-state index in [1.807, 2.05) is 87.5 Å². The van der Waals surface area contributed by atoms with Gasteiger partial charge in [-0.25, -0.2) is 0 Å². The number of hydrogen-bond donors (Lipinski definition) is 1. The Labute approximate surface area is 235 Å². The van der Waals surface area contributed by atoms with Crippen LogP contribution in [0.4, 0.5) is 0 Å². The summed E-state index contributed by atoms with van der Waals surface area (Å²) in [6, 6.07) is 25.3. The van der Waals surface area contributed by atoms with E-state index in [1.54, 1.807) is 16.7 Å². The van der Waals surface area contributed by atoms with Crippen LogP contribution in [0.25, 0.3) is 0 Å². The predicted octanol–water partition coefficient (Wildman–Crippen LogP) is 7.00. The second-order valence-electron chi connectivity index (χ2n) is 9.71. The molecule has 0 aromatic heterocycles. The molecular formula is C29H32Br2N2O2S. The number of halogens is 2. The average Bonchev–Trinajstić information content (AvgIpc) is 2.83. The van der Waals surface area contributed by atoms with Gasteiger partial charge in [0.15, 0.2) is 0 Å². The van der Waals surface area contributed by atoms with Crippen molar-refractivity contribution in [1.29, 1.82) is 0 Å². The number of carbonyl (C=O) groups is 2. The zero-order valence-electron chi connectivity index (χ0n) is 20.8. The molecule has 190 valence electrons. The lowest BCUT2D eigenvalue weighted by atomic mass is 10.0. The fraction of sp³-hybridized carbons (Fsp3) is 0.310. The van der Waals surface area contributed by atoms with Gasteiger partial charge in [0.1, 0.15) is 6.04 Å². The Morgan fingerprint density at radius 1 is 0.833 bits per heavy atom. The predicted molar refractivity (Wildman–Crippen MR) is 157 cm³/mol. The first kappa shape index (κ1) is 28.5. The van der Waals surface area contributed by atoms with Crippen LogP contribution in [0, 0.1) is 0 Å². The summed E-state index contributed by atoms with van der Waals surface area (Å²) < 4.78 is 2.00. The van der Waals surface area contributed by atoms with Crippen molar-refractivity contribution in [3.05, 3.63) is 104 Å². The number of nitrogens with zero attached hydrogens (tertiary/aromatic N) is 1. The zero-order valence-corrected chi connectivity index (χ0v) is 24.8. The van der Waals surface area contributed by atoms with Crippen molar-refractivity contribution in [3.63, 3.8) is 0 Å². The van der Waals surface area contributed by atoms with Gasteiger partial charge in [0, 0.05) is 33.2 Å². The third-order valence-electron chi connectivity index (χ3n) is 5.44. The minimum atomic E-state index is -0.629. The van der Waals surface area contributed by atoms with Crippen molar-refractivity contribution in [2.45, 2.75) is 51.1 Å². The van der Waals surface area contributed by atoms with E-state index in [0.29, 0.717) is 18.7 Å². The van der Waals surface area contributed by atoms with Crippen LogP contribution in [0.1, 0.15) is 37.5 Å². The van der Waals surface area contributed by atoms with Crippen LogP contribution in [-0.4, -0.2) is 34.0 Å². The summed E-state index contributed by atoms with van der Waals surface area (Å²) in [6.07, 6.45) is 0.447. The molecule has 3 rings (SSSR count). The lowest BCUT2D eigenvalue weighted by Crippen LogP contribution is -2.54. The van der Waals surface area contributed by atoms with Crippen LogP contribution in [0.5, 0.6) is 0 Å². The smallest absolute Gasteiger partial charge is 0.243 e. The van der Waals surface area contributed by atoms with Crippen LogP contribution >= 0.6 is 43.6 Å². The summed E-state index contributed by atoms with van der Waals surface area (Å²) >= 11 is 8.51. The molecular weight excluding hydrogens is 600 g/mol. The van der Waals surface area contributed by atoms with Gasteiger partial charge in [-0.15, -0.1) is 11.8 Å². The molecule has 3 aromatic rings. The topological polar surface area (TPSA) is 49.4 Å². The average molecular weight is 632 g/mol. The molecule has 0 saturated carbocycles. The first-order valence-corrected chi connectivity index (χ1v) is 14.6. The highest BCUT2D eigenvalue weighted by Crippen LogP contribution is 2.21. The van der Waals surface area contributed by atoms with E-state index in [9.17, 15) is 9.59 Å². The fourth-order valence-electron chi connectivity index (χ4n) is 3.71. The molecule has 0 fully saturated rings. The molecule has 36 heavy (non-hydrogen) atoms. The van der Waals surface area contributed by atoms with Crippen LogP contribution in [0.2, 0.25) is 0 Å². The van der Waals surface area contributed by atoms with E-state index in [0.717, 1.165) is 31.4 Å². The number of benzene rings is 3. The van der Waals surface area contributed by atoms with E-state index in [2.05, 4.69) is 49.3 Å². The van der Waals surface area contributed by atoms with E-state index >= 15 is 0 Å². The van der Waals surface area contributed by atoms with Gasteiger partial charge in [0.25, 0.3) is 0 Å². The molecule has 0 saturated heterocycles. The lowest BCUT2D eigenvalue weighted by Gasteiger charge is -2.34. The molecule has 1 N–H and O–H groups in total. The minimum absolute atomic E-state index is 0.0509. The molecule has 0 bridgehead atoms. The van der Waals surface area contributed by atoms with Gasteiger partial charge >= 0.3 is 0 Å². The monoisotopic (exact) mass is 630 g/mol. The first-order chi connectivity index (χ1) is 17.1. The summed E-state index contributed by atoms with van der Waals surface area (Å²) in [5.74, 6) is 0.823. The molecule has 0 spiro atoms. The highest BCUT2D eigenvalue weighted by atomic mass is 79.9. The molecule has 1 unspecified atom stereocenters. The largest absolute Gasteiger partial charge is 0.350 e. The van der Waals surface area contributed by atoms with Crippen molar-refractivity contribution in [3.8, 4) is 0 Å². The maximum absolute atomic E-state index is 13.7. The molecule has 0 heterocycles. The number of nitrogens with one attached hydrogen (secondary N) is 1. The molecule has 0 aliphatic rings. The van der Waals surface area contributed by atoms with Gasteiger partial charge in [-0.2, -0.15) is 0 Å². The van der Waals surface area contributed by atoms with Crippen molar-refractivity contribution >= 4 is 55.4 Å². The highest BCUT2D eigenvalue weighted by Gasteiger charge is 2.32. The van der Waals surface area contributed by atoms with Crippen LogP contribution in [0.3, 0.4) is 0 Å². The van der Waals surface area contributed by atoms with Crippen molar-refractivity contribution < 1.29 is 9.59 Å². The van der Waals surface area contributed by atoms with Crippen molar-refractivity contribution in [2.24, 2.45) is 0 Å². The Balaban J connectivity index is 1.85. The SMILES string of the molecule is CC(C)(C)NC(=O)C(Cc1ccccc1)N(Cc1ccc(Br)cc1)C(=O)CSCc1ccc(Br)cc1. The summed E-state index contributed by atoms with van der Waals surface area (Å²) in [7, 11) is 0. The first-order valence-electron chi connectivity index (χ1n) is 11.8. The van der Waals surface area contributed by atoms with Gasteiger partial charge in [0.05, 0.1) is 5.75 Å². The second kappa shape index (κ2) is 13.5. The summed E-state index contributed by atoms with van der Waals surface area (Å²) in [4.78, 5) is 29.0. The van der Waals surface area contributed by atoms with Crippen LogP contribution in [-0.2, 0) is 28.3 Å². The van der Waals surface area contributed by atoms with Crippen LogP contribution in [0.15, 0.2) is 87.8 Å². The number of thioether (sulfide) groups is 1. The summed E-state index contributed by atoms with van der Waals surface area (Å²) in [6.45, 7) is 6.23. The molecule has 0 aliphatic carbocycles. The fourth-order valence-corrected chi connectivity index (χ4v) is 5.11. The Morgan fingerprint density at radius 3 is 1.94 bits per heavy atom.